The first-order valence-corrected chi connectivity index (χ1v) is 6.78. The lowest BCUT2D eigenvalue weighted by Crippen LogP contribution is -2.00. The van der Waals surface area contributed by atoms with Crippen molar-refractivity contribution in [2.75, 3.05) is 13.2 Å². The highest BCUT2D eigenvalue weighted by Gasteiger charge is 2.21. The average Bonchev–Trinajstić information content (AvgIpc) is 2.96. The maximum Gasteiger partial charge on any atom is 0.185 e. The van der Waals surface area contributed by atoms with E-state index >= 15 is 0 Å². The third-order valence-electron chi connectivity index (χ3n) is 2.76. The number of benzene rings is 1. The normalized spacial score (nSPS) is 15.8. The molecule has 0 spiro atoms. The third-order valence-corrected chi connectivity index (χ3v) is 3.83. The molecule has 0 radical (unpaired) electrons. The summed E-state index contributed by atoms with van der Waals surface area (Å²) in [5.41, 5.74) is 0.991. The molecule has 5 heteroatoms. The second-order valence-corrected chi connectivity index (χ2v) is 5.20. The van der Waals surface area contributed by atoms with Gasteiger partial charge in [0.15, 0.2) is 6.29 Å². The van der Waals surface area contributed by atoms with E-state index < -0.39 is 0 Å². The van der Waals surface area contributed by atoms with E-state index in [-0.39, 0.29) is 12.0 Å². The molecule has 1 aromatic heterocycles. The number of hydrogen-bond donors (Lipinski definition) is 1. The summed E-state index contributed by atoms with van der Waals surface area (Å²) in [6.45, 7) is 1.24. The molecule has 19 heavy (non-hydrogen) atoms. The minimum atomic E-state index is -0.303. The minimum absolute atomic E-state index is 0.262. The van der Waals surface area contributed by atoms with Crippen LogP contribution >= 0.6 is 11.8 Å². The third kappa shape index (κ3) is 2.89. The Labute approximate surface area is 115 Å². The molecule has 2 aromatic rings. The monoisotopic (exact) mass is 275 g/mol. The van der Waals surface area contributed by atoms with Crippen LogP contribution in [0.3, 0.4) is 0 Å². The molecule has 1 aliphatic rings. The van der Waals surface area contributed by atoms with Crippen LogP contribution in [0.4, 0.5) is 0 Å². The van der Waals surface area contributed by atoms with Gasteiger partial charge in [0, 0.05) is 27.7 Å². The summed E-state index contributed by atoms with van der Waals surface area (Å²) in [5.74, 6) is 0.262. The first-order valence-electron chi connectivity index (χ1n) is 5.97. The molecule has 1 saturated heterocycles. The fourth-order valence-corrected chi connectivity index (χ4v) is 2.77. The van der Waals surface area contributed by atoms with Gasteiger partial charge in [0.2, 0.25) is 0 Å². The maximum absolute atomic E-state index is 9.29. The molecule has 0 amide bonds. The molecule has 98 valence electrons. The first-order chi connectivity index (χ1) is 9.33. The Morgan fingerprint density at radius 2 is 1.84 bits per heavy atom. The van der Waals surface area contributed by atoms with Crippen LogP contribution in [0.25, 0.3) is 0 Å². The summed E-state index contributed by atoms with van der Waals surface area (Å²) >= 11 is 1.58. The van der Waals surface area contributed by atoms with Crippen LogP contribution in [0.15, 0.2) is 52.5 Å². The average molecular weight is 275 g/mol. The zero-order chi connectivity index (χ0) is 13.1. The Morgan fingerprint density at radius 1 is 1.11 bits per heavy atom. The highest BCUT2D eigenvalue weighted by molar-refractivity contribution is 7.99. The molecule has 1 aliphatic heterocycles. The molecule has 0 saturated carbocycles. The van der Waals surface area contributed by atoms with Crippen molar-refractivity contribution in [2.24, 2.45) is 0 Å². The molecule has 1 aromatic carbocycles. The smallest absolute Gasteiger partial charge is 0.185 e. The van der Waals surface area contributed by atoms with E-state index in [0.29, 0.717) is 13.2 Å². The zero-order valence-electron chi connectivity index (χ0n) is 10.2. The van der Waals surface area contributed by atoms with Crippen molar-refractivity contribution in [1.29, 1.82) is 0 Å². The van der Waals surface area contributed by atoms with Crippen LogP contribution in [-0.2, 0) is 9.47 Å². The molecule has 0 atom stereocenters. The van der Waals surface area contributed by atoms with Gasteiger partial charge in [0.05, 0.1) is 13.2 Å². The maximum atomic E-state index is 9.29. The number of phenols is 1. The zero-order valence-corrected chi connectivity index (χ0v) is 11.0. The van der Waals surface area contributed by atoms with Crippen molar-refractivity contribution in [1.82, 2.24) is 4.98 Å². The lowest BCUT2D eigenvalue weighted by Gasteiger charge is -2.13. The Balaban J connectivity index is 1.85. The van der Waals surface area contributed by atoms with E-state index in [1.807, 2.05) is 18.2 Å². The van der Waals surface area contributed by atoms with E-state index in [9.17, 15) is 5.11 Å². The summed E-state index contributed by atoms with van der Waals surface area (Å²) in [7, 11) is 0. The fourth-order valence-electron chi connectivity index (χ4n) is 1.85. The van der Waals surface area contributed by atoms with Crippen LogP contribution in [-0.4, -0.2) is 23.3 Å². The Bertz CT molecular complexity index is 553. The molecule has 3 rings (SSSR count). The molecule has 1 N–H and O–H groups in total. The number of ether oxygens (including phenoxy) is 2. The van der Waals surface area contributed by atoms with Crippen molar-refractivity contribution in [3.8, 4) is 5.75 Å². The molecule has 2 heterocycles. The van der Waals surface area contributed by atoms with E-state index in [0.717, 1.165) is 15.4 Å². The Hall–Kier alpha value is -1.56. The van der Waals surface area contributed by atoms with Gasteiger partial charge in [0.25, 0.3) is 0 Å². The van der Waals surface area contributed by atoms with Crippen LogP contribution in [0.5, 0.6) is 5.75 Å². The van der Waals surface area contributed by atoms with Crippen LogP contribution < -0.4 is 0 Å². The van der Waals surface area contributed by atoms with Crippen LogP contribution in [0.2, 0.25) is 0 Å². The van der Waals surface area contributed by atoms with Gasteiger partial charge in [-0.3, -0.25) is 4.98 Å². The molecular formula is C14H13NO3S. The van der Waals surface area contributed by atoms with Crippen molar-refractivity contribution < 1.29 is 14.6 Å². The van der Waals surface area contributed by atoms with Gasteiger partial charge in [-0.15, -0.1) is 0 Å². The largest absolute Gasteiger partial charge is 0.508 e. The fraction of sp³-hybridized carbons (Fsp3) is 0.214. The number of hydrogen-bond acceptors (Lipinski definition) is 5. The summed E-state index contributed by atoms with van der Waals surface area (Å²) < 4.78 is 11.1. The lowest BCUT2D eigenvalue weighted by atomic mass is 10.2. The second-order valence-electron chi connectivity index (χ2n) is 4.08. The Morgan fingerprint density at radius 3 is 2.58 bits per heavy atom. The summed E-state index contributed by atoms with van der Waals surface area (Å²) in [6.07, 6.45) is 3.24. The van der Waals surface area contributed by atoms with Crippen molar-refractivity contribution in [3.05, 3.63) is 48.3 Å². The minimum Gasteiger partial charge on any atom is -0.508 e. The standard InChI is InChI=1S/C14H13NO3S/c16-10-1-3-11(4-2-10)19-13-9-15-6-5-12(13)14-17-7-8-18-14/h1-6,9,14,16H,7-8H2. The summed E-state index contributed by atoms with van der Waals surface area (Å²) in [4.78, 5) is 6.18. The van der Waals surface area contributed by atoms with Gasteiger partial charge in [-0.2, -0.15) is 0 Å². The number of nitrogens with zero attached hydrogens (tertiary/aromatic N) is 1. The first kappa shape index (κ1) is 12.5. The predicted molar refractivity (Wildman–Crippen MR) is 71.1 cm³/mol. The molecular weight excluding hydrogens is 262 g/mol. The van der Waals surface area contributed by atoms with Gasteiger partial charge in [-0.25, -0.2) is 0 Å². The quantitative estimate of drug-likeness (QED) is 0.933. The number of pyridine rings is 1. The van der Waals surface area contributed by atoms with E-state index in [1.165, 1.54) is 0 Å². The van der Waals surface area contributed by atoms with E-state index in [1.54, 1.807) is 36.3 Å². The second kappa shape index (κ2) is 5.61. The van der Waals surface area contributed by atoms with Gasteiger partial charge in [0.1, 0.15) is 5.75 Å². The summed E-state index contributed by atoms with van der Waals surface area (Å²) in [5, 5.41) is 9.29. The van der Waals surface area contributed by atoms with Crippen molar-refractivity contribution >= 4 is 11.8 Å². The van der Waals surface area contributed by atoms with Crippen LogP contribution in [0, 0.1) is 0 Å². The summed E-state index contributed by atoms with van der Waals surface area (Å²) in [6, 6.07) is 8.99. The highest BCUT2D eigenvalue weighted by atomic mass is 32.2. The Kier molecular flexibility index (Phi) is 3.68. The molecule has 1 fully saturated rings. The van der Waals surface area contributed by atoms with E-state index in [2.05, 4.69) is 4.98 Å². The topological polar surface area (TPSA) is 51.6 Å². The molecule has 4 nitrogen and oxygen atoms in total. The molecule has 0 aliphatic carbocycles. The number of aromatic nitrogens is 1. The lowest BCUT2D eigenvalue weighted by molar-refractivity contribution is -0.0460. The van der Waals surface area contributed by atoms with Gasteiger partial charge in [-0.05, 0) is 30.3 Å². The van der Waals surface area contributed by atoms with E-state index in [4.69, 9.17) is 9.47 Å². The number of aromatic hydroxyl groups is 1. The predicted octanol–water partition coefficient (Wildman–Crippen LogP) is 2.98. The SMILES string of the molecule is Oc1ccc(Sc2cnccc2C2OCCO2)cc1. The van der Waals surface area contributed by atoms with Gasteiger partial charge < -0.3 is 14.6 Å². The van der Waals surface area contributed by atoms with Crippen molar-refractivity contribution in [3.63, 3.8) is 0 Å². The molecule has 0 bridgehead atoms. The number of rotatable bonds is 3. The van der Waals surface area contributed by atoms with Gasteiger partial charge in [-0.1, -0.05) is 11.8 Å². The highest BCUT2D eigenvalue weighted by Crippen LogP contribution is 2.35. The number of phenolic OH excluding ortho intramolecular Hbond substituents is 1. The van der Waals surface area contributed by atoms with Crippen molar-refractivity contribution in [2.45, 2.75) is 16.1 Å². The van der Waals surface area contributed by atoms with Gasteiger partial charge >= 0.3 is 0 Å². The molecule has 0 unspecified atom stereocenters. The van der Waals surface area contributed by atoms with Crippen LogP contribution in [0.1, 0.15) is 11.9 Å².